The summed E-state index contributed by atoms with van der Waals surface area (Å²) in [6, 6.07) is 0.156. The highest BCUT2D eigenvalue weighted by atomic mass is 19.4. The van der Waals surface area contributed by atoms with Crippen molar-refractivity contribution in [2.75, 3.05) is 11.9 Å². The van der Waals surface area contributed by atoms with Crippen molar-refractivity contribution >= 4 is 17.6 Å². The van der Waals surface area contributed by atoms with Crippen molar-refractivity contribution in [2.45, 2.75) is 32.2 Å². The number of rotatable bonds is 3. The average Bonchev–Trinajstić information content (AvgIpc) is 3.07. The third kappa shape index (κ3) is 4.46. The second-order valence-corrected chi connectivity index (χ2v) is 6.45. The average molecular weight is 417 g/mol. The highest BCUT2D eigenvalue weighted by molar-refractivity contribution is 5.94. The lowest BCUT2D eigenvalue weighted by atomic mass is 10.2. The van der Waals surface area contributed by atoms with Crippen LogP contribution in [0.15, 0.2) is 24.5 Å². The number of imidazole rings is 1. The summed E-state index contributed by atoms with van der Waals surface area (Å²) in [5.41, 5.74) is 0.0833. The van der Waals surface area contributed by atoms with E-state index in [9.17, 15) is 31.5 Å². The summed E-state index contributed by atoms with van der Waals surface area (Å²) >= 11 is 0. The largest absolute Gasteiger partial charge is 0.408 e. The molecule has 1 aromatic carbocycles. The quantitative estimate of drug-likeness (QED) is 0.754. The first-order chi connectivity index (χ1) is 13.6. The molecule has 156 valence electrons. The zero-order valence-electron chi connectivity index (χ0n) is 15.1. The molecule has 3 amide bonds. The molecule has 0 bridgehead atoms. The van der Waals surface area contributed by atoms with Crippen molar-refractivity contribution in [1.29, 1.82) is 0 Å². The van der Waals surface area contributed by atoms with E-state index in [1.165, 1.54) is 17.3 Å². The molecule has 1 aliphatic rings. The van der Waals surface area contributed by atoms with Crippen LogP contribution in [-0.4, -0.2) is 45.2 Å². The lowest BCUT2D eigenvalue weighted by molar-refractivity contribution is -0.149. The standard InChI is InChI=1S/C17H16F5N5O2/c1-9(17(20,21)22)24-15(28)14-13-7-26(4-5-27(13)8-23-14)16(29)25-10-2-3-11(18)12(19)6-10/h2-3,6,8-9H,4-5,7H2,1H3,(H,24,28)(H,25,29). The number of aromatic nitrogens is 2. The maximum Gasteiger partial charge on any atom is 0.408 e. The molecular weight excluding hydrogens is 401 g/mol. The Labute approximate surface area is 161 Å². The number of hydrogen-bond acceptors (Lipinski definition) is 3. The molecule has 7 nitrogen and oxygen atoms in total. The summed E-state index contributed by atoms with van der Waals surface area (Å²) in [5.74, 6) is -3.20. The molecule has 0 fully saturated rings. The molecule has 0 saturated carbocycles. The first kappa shape index (κ1) is 20.6. The number of halogens is 5. The van der Waals surface area contributed by atoms with Crippen LogP contribution in [0.2, 0.25) is 0 Å². The Bertz CT molecular complexity index is 943. The van der Waals surface area contributed by atoms with Gasteiger partial charge in [-0.3, -0.25) is 4.79 Å². The van der Waals surface area contributed by atoms with Crippen molar-refractivity contribution < 1.29 is 31.5 Å². The van der Waals surface area contributed by atoms with Gasteiger partial charge >= 0.3 is 12.2 Å². The number of benzene rings is 1. The zero-order chi connectivity index (χ0) is 21.3. The van der Waals surface area contributed by atoms with E-state index in [0.717, 1.165) is 19.1 Å². The van der Waals surface area contributed by atoms with E-state index < -0.39 is 35.8 Å². The summed E-state index contributed by atoms with van der Waals surface area (Å²) in [5, 5.41) is 4.24. The second kappa shape index (κ2) is 7.68. The smallest absolute Gasteiger partial charge is 0.339 e. The third-order valence-corrected chi connectivity index (χ3v) is 4.41. The van der Waals surface area contributed by atoms with Crippen LogP contribution in [0.3, 0.4) is 0 Å². The molecule has 2 aromatic rings. The van der Waals surface area contributed by atoms with Crippen LogP contribution in [0.4, 0.5) is 32.4 Å². The topological polar surface area (TPSA) is 79.3 Å². The first-order valence-corrected chi connectivity index (χ1v) is 8.49. The molecule has 1 atom stereocenters. The predicted molar refractivity (Wildman–Crippen MR) is 91.0 cm³/mol. The van der Waals surface area contributed by atoms with Gasteiger partial charge in [0.2, 0.25) is 0 Å². The number of urea groups is 1. The van der Waals surface area contributed by atoms with E-state index in [-0.39, 0.29) is 36.7 Å². The minimum atomic E-state index is -4.61. The van der Waals surface area contributed by atoms with Crippen LogP contribution in [0.25, 0.3) is 0 Å². The number of alkyl halides is 3. The fourth-order valence-electron chi connectivity index (χ4n) is 2.74. The zero-order valence-corrected chi connectivity index (χ0v) is 15.1. The van der Waals surface area contributed by atoms with Gasteiger partial charge in [-0.1, -0.05) is 0 Å². The van der Waals surface area contributed by atoms with E-state index in [1.807, 2.05) is 5.32 Å². The Morgan fingerprint density at radius 3 is 2.55 bits per heavy atom. The van der Waals surface area contributed by atoms with Gasteiger partial charge in [0.05, 0.1) is 18.6 Å². The molecule has 2 heterocycles. The van der Waals surface area contributed by atoms with Gasteiger partial charge in [-0.25, -0.2) is 18.6 Å². The fraction of sp³-hybridized carbons (Fsp3) is 0.353. The third-order valence-electron chi connectivity index (χ3n) is 4.41. The number of hydrogen-bond donors (Lipinski definition) is 2. The molecule has 2 N–H and O–H groups in total. The summed E-state index contributed by atoms with van der Waals surface area (Å²) in [7, 11) is 0. The lowest BCUT2D eigenvalue weighted by Gasteiger charge is -2.29. The number of fused-ring (bicyclic) bond motifs is 1. The SMILES string of the molecule is CC(NC(=O)c1ncn2c1CN(C(=O)Nc1ccc(F)c(F)c1)CC2)C(F)(F)F. The van der Waals surface area contributed by atoms with Gasteiger partial charge in [0, 0.05) is 24.8 Å². The Kier molecular flexibility index (Phi) is 5.44. The molecule has 1 aromatic heterocycles. The van der Waals surface area contributed by atoms with Gasteiger partial charge in [-0.2, -0.15) is 13.2 Å². The van der Waals surface area contributed by atoms with Gasteiger partial charge < -0.3 is 20.1 Å². The van der Waals surface area contributed by atoms with Crippen LogP contribution in [0.5, 0.6) is 0 Å². The summed E-state index contributed by atoms with van der Waals surface area (Å²) in [6.07, 6.45) is -3.29. The van der Waals surface area contributed by atoms with Gasteiger partial charge in [-0.05, 0) is 19.1 Å². The lowest BCUT2D eigenvalue weighted by Crippen LogP contribution is -2.44. The van der Waals surface area contributed by atoms with E-state index in [0.29, 0.717) is 0 Å². The van der Waals surface area contributed by atoms with Crippen LogP contribution < -0.4 is 10.6 Å². The van der Waals surface area contributed by atoms with Crippen LogP contribution in [-0.2, 0) is 13.1 Å². The maximum atomic E-state index is 13.3. The molecular formula is C17H16F5N5O2. The van der Waals surface area contributed by atoms with Crippen molar-refractivity contribution in [1.82, 2.24) is 19.8 Å². The highest BCUT2D eigenvalue weighted by Crippen LogP contribution is 2.22. The second-order valence-electron chi connectivity index (χ2n) is 6.45. The fourth-order valence-corrected chi connectivity index (χ4v) is 2.74. The van der Waals surface area contributed by atoms with E-state index >= 15 is 0 Å². The van der Waals surface area contributed by atoms with Crippen molar-refractivity contribution in [2.24, 2.45) is 0 Å². The monoisotopic (exact) mass is 417 g/mol. The molecule has 1 aliphatic heterocycles. The Morgan fingerprint density at radius 1 is 1.17 bits per heavy atom. The van der Waals surface area contributed by atoms with Crippen molar-refractivity contribution in [3.05, 3.63) is 47.5 Å². The molecule has 0 saturated heterocycles. The Hall–Kier alpha value is -3.18. The van der Waals surface area contributed by atoms with E-state index in [1.54, 1.807) is 4.57 Å². The molecule has 3 rings (SSSR count). The number of carbonyl (C=O) groups excluding carboxylic acids is 2. The van der Waals surface area contributed by atoms with E-state index in [2.05, 4.69) is 10.3 Å². The summed E-state index contributed by atoms with van der Waals surface area (Å²) < 4.78 is 65.8. The number of anilines is 1. The van der Waals surface area contributed by atoms with Gasteiger partial charge in [0.15, 0.2) is 17.3 Å². The number of carbonyl (C=O) groups is 2. The van der Waals surface area contributed by atoms with Gasteiger partial charge in [0.1, 0.15) is 6.04 Å². The van der Waals surface area contributed by atoms with Crippen molar-refractivity contribution in [3.8, 4) is 0 Å². The molecule has 1 unspecified atom stereocenters. The minimum Gasteiger partial charge on any atom is -0.339 e. The maximum absolute atomic E-state index is 13.3. The molecule has 0 spiro atoms. The predicted octanol–water partition coefficient (Wildman–Crippen LogP) is 2.89. The highest BCUT2D eigenvalue weighted by Gasteiger charge is 2.38. The molecule has 0 radical (unpaired) electrons. The molecule has 29 heavy (non-hydrogen) atoms. The van der Waals surface area contributed by atoms with Gasteiger partial charge in [-0.15, -0.1) is 0 Å². The normalized spacial score (nSPS) is 14.9. The van der Waals surface area contributed by atoms with Crippen LogP contribution >= 0.6 is 0 Å². The van der Waals surface area contributed by atoms with Crippen LogP contribution in [0, 0.1) is 11.6 Å². The summed E-state index contributed by atoms with van der Waals surface area (Å²) in [6.45, 7) is 1.19. The molecule has 0 aliphatic carbocycles. The van der Waals surface area contributed by atoms with Crippen molar-refractivity contribution in [3.63, 3.8) is 0 Å². The summed E-state index contributed by atoms with van der Waals surface area (Å²) in [4.78, 5) is 29.7. The number of amides is 3. The van der Waals surface area contributed by atoms with Crippen LogP contribution in [0.1, 0.15) is 23.1 Å². The van der Waals surface area contributed by atoms with Gasteiger partial charge in [0.25, 0.3) is 5.91 Å². The molecule has 12 heteroatoms. The Balaban J connectivity index is 1.71. The van der Waals surface area contributed by atoms with E-state index in [4.69, 9.17) is 0 Å². The minimum absolute atomic E-state index is 0.0324. The number of nitrogens with zero attached hydrogens (tertiary/aromatic N) is 3. The first-order valence-electron chi connectivity index (χ1n) is 8.49. The number of nitrogens with one attached hydrogen (secondary N) is 2. The Morgan fingerprint density at radius 2 is 1.90 bits per heavy atom.